The molecule has 1 fully saturated rings. The number of rotatable bonds is 6. The van der Waals surface area contributed by atoms with Gasteiger partial charge in [-0.2, -0.15) is 22.8 Å². The molecule has 4 rings (SSSR count). The highest BCUT2D eigenvalue weighted by Crippen LogP contribution is 2.42. The maximum Gasteiger partial charge on any atom is 0.435 e. The van der Waals surface area contributed by atoms with Crippen molar-refractivity contribution in [3.8, 4) is 17.8 Å². The van der Waals surface area contributed by atoms with Gasteiger partial charge in [-0.15, -0.1) is 10.2 Å². The van der Waals surface area contributed by atoms with E-state index in [4.69, 9.17) is 9.52 Å². The zero-order chi connectivity index (χ0) is 27.9. The topological polar surface area (TPSA) is 155 Å². The van der Waals surface area contributed by atoms with Crippen molar-refractivity contribution in [1.82, 2.24) is 20.2 Å². The van der Waals surface area contributed by atoms with E-state index in [1.165, 1.54) is 24.3 Å². The molecule has 1 aromatic carbocycles. The second-order valence-corrected chi connectivity index (χ2v) is 10.8. The summed E-state index contributed by atoms with van der Waals surface area (Å²) in [5.41, 5.74) is -3.68. The maximum absolute atomic E-state index is 14.8. The quantitative estimate of drug-likeness (QED) is 0.417. The van der Waals surface area contributed by atoms with E-state index in [1.807, 2.05) is 0 Å². The molecule has 2 aromatic heterocycles. The SMILES string of the molecule is Cc1c(C(F)(F)F)nnc(Oc2ncc(C3(C#N)CCC3)nc2F)c1C(=O)Nc1cccc(S(C)(=N)=O)c1. The lowest BCUT2D eigenvalue weighted by atomic mass is 9.68. The molecule has 1 amide bonds. The highest BCUT2D eigenvalue weighted by Gasteiger charge is 2.42. The van der Waals surface area contributed by atoms with E-state index < -0.39 is 61.8 Å². The van der Waals surface area contributed by atoms with E-state index in [-0.39, 0.29) is 16.3 Å². The van der Waals surface area contributed by atoms with Gasteiger partial charge in [0.25, 0.3) is 23.6 Å². The average molecular weight is 550 g/mol. The standard InChI is InChI=1S/C23H19F4N7O3S/c1-12-16(19(35)31-13-5-3-6-14(9-13)38(2,29)36)20(34-33-17(12)23(25,26)27)37-21-18(24)32-15(10-30-21)22(11-28)7-4-8-22/h3,5-6,9-10,29H,4,7-8H2,1-2H3,(H,31,35). The van der Waals surface area contributed by atoms with E-state index in [0.29, 0.717) is 12.8 Å². The van der Waals surface area contributed by atoms with Crippen molar-refractivity contribution in [3.63, 3.8) is 0 Å². The maximum atomic E-state index is 14.8. The van der Waals surface area contributed by atoms with E-state index >= 15 is 0 Å². The molecule has 38 heavy (non-hydrogen) atoms. The third kappa shape index (κ3) is 5.12. The normalized spacial score (nSPS) is 16.0. The zero-order valence-corrected chi connectivity index (χ0v) is 20.7. The van der Waals surface area contributed by atoms with Gasteiger partial charge in [0.15, 0.2) is 5.69 Å². The van der Waals surface area contributed by atoms with E-state index in [9.17, 15) is 31.8 Å². The number of ether oxygens (including phenoxy) is 1. The Morgan fingerprint density at radius 1 is 1.26 bits per heavy atom. The van der Waals surface area contributed by atoms with Gasteiger partial charge in [0.05, 0.1) is 27.7 Å². The third-order valence-corrected chi connectivity index (χ3v) is 7.18. The van der Waals surface area contributed by atoms with Gasteiger partial charge in [0, 0.05) is 16.8 Å². The van der Waals surface area contributed by atoms with Crippen molar-refractivity contribution >= 4 is 21.3 Å². The van der Waals surface area contributed by atoms with Crippen LogP contribution in [0.25, 0.3) is 0 Å². The molecule has 10 nitrogen and oxygen atoms in total. The number of carbonyl (C=O) groups excluding carboxylic acids is 1. The number of hydrogen-bond donors (Lipinski definition) is 2. The fourth-order valence-electron chi connectivity index (χ4n) is 3.82. The highest BCUT2D eigenvalue weighted by atomic mass is 32.2. The van der Waals surface area contributed by atoms with Crippen LogP contribution in [0.5, 0.6) is 11.8 Å². The molecule has 15 heteroatoms. The lowest BCUT2D eigenvalue weighted by molar-refractivity contribution is -0.142. The smallest absolute Gasteiger partial charge is 0.414 e. The van der Waals surface area contributed by atoms with Crippen LogP contribution in [0, 0.1) is 29.0 Å². The van der Waals surface area contributed by atoms with E-state index in [2.05, 4.69) is 31.6 Å². The molecule has 1 aliphatic carbocycles. The van der Waals surface area contributed by atoms with Gasteiger partial charge in [-0.05, 0) is 49.9 Å². The summed E-state index contributed by atoms with van der Waals surface area (Å²) in [4.78, 5) is 20.8. The van der Waals surface area contributed by atoms with Crippen LogP contribution >= 0.6 is 0 Å². The van der Waals surface area contributed by atoms with Crippen LogP contribution in [0.3, 0.4) is 0 Å². The molecule has 1 unspecified atom stereocenters. The van der Waals surface area contributed by atoms with Gasteiger partial charge in [0.2, 0.25) is 0 Å². The monoisotopic (exact) mass is 549 g/mol. The van der Waals surface area contributed by atoms with Crippen molar-refractivity contribution < 1.29 is 31.3 Å². The summed E-state index contributed by atoms with van der Waals surface area (Å²) in [7, 11) is -3.15. The first kappa shape index (κ1) is 26.9. The van der Waals surface area contributed by atoms with Crippen molar-refractivity contribution in [1.29, 1.82) is 10.0 Å². The number of benzene rings is 1. The summed E-state index contributed by atoms with van der Waals surface area (Å²) in [5.74, 6) is -3.93. The Kier molecular flexibility index (Phi) is 6.79. The molecule has 2 heterocycles. The average Bonchev–Trinajstić information content (AvgIpc) is 2.79. The number of amides is 1. The molecule has 1 aliphatic rings. The summed E-state index contributed by atoms with van der Waals surface area (Å²) < 4.78 is 80.4. The number of carbonyl (C=O) groups is 1. The Morgan fingerprint density at radius 2 is 1.97 bits per heavy atom. The lowest BCUT2D eigenvalue weighted by Gasteiger charge is -2.34. The van der Waals surface area contributed by atoms with Crippen LogP contribution in [0.2, 0.25) is 0 Å². The van der Waals surface area contributed by atoms with Crippen molar-refractivity contribution in [3.05, 3.63) is 58.9 Å². The predicted octanol–water partition coefficient (Wildman–Crippen LogP) is 4.76. The number of nitrogens with one attached hydrogen (secondary N) is 2. The van der Waals surface area contributed by atoms with Crippen LogP contribution in [0.1, 0.15) is 46.6 Å². The summed E-state index contributed by atoms with van der Waals surface area (Å²) >= 11 is 0. The van der Waals surface area contributed by atoms with E-state index in [1.54, 1.807) is 0 Å². The van der Waals surface area contributed by atoms with Gasteiger partial charge >= 0.3 is 6.18 Å². The first-order valence-electron chi connectivity index (χ1n) is 11.0. The van der Waals surface area contributed by atoms with Gasteiger partial charge in [-0.1, -0.05) is 6.07 Å². The van der Waals surface area contributed by atoms with Gasteiger partial charge in [-0.3, -0.25) is 4.79 Å². The van der Waals surface area contributed by atoms with Crippen molar-refractivity contribution in [2.75, 3.05) is 11.6 Å². The number of nitriles is 1. The number of halogens is 4. The molecular weight excluding hydrogens is 530 g/mol. The minimum atomic E-state index is -4.97. The van der Waals surface area contributed by atoms with Crippen LogP contribution in [0.4, 0.5) is 23.2 Å². The third-order valence-electron chi connectivity index (χ3n) is 6.03. The molecule has 0 radical (unpaired) electrons. The minimum Gasteiger partial charge on any atom is -0.414 e. The van der Waals surface area contributed by atoms with Crippen LogP contribution in [0.15, 0.2) is 35.4 Å². The second-order valence-electron chi connectivity index (χ2n) is 8.68. The van der Waals surface area contributed by atoms with Gasteiger partial charge in [-0.25, -0.2) is 19.0 Å². The molecule has 0 spiro atoms. The summed E-state index contributed by atoms with van der Waals surface area (Å²) in [6.07, 6.45) is -0.977. The molecule has 198 valence electrons. The fourth-order valence-corrected chi connectivity index (χ4v) is 4.51. The number of nitrogens with zero attached hydrogens (tertiary/aromatic N) is 5. The zero-order valence-electron chi connectivity index (χ0n) is 19.9. The minimum absolute atomic E-state index is 0.0303. The van der Waals surface area contributed by atoms with Crippen LogP contribution < -0.4 is 10.1 Å². The Hall–Kier alpha value is -4.19. The number of anilines is 1. The summed E-state index contributed by atoms with van der Waals surface area (Å²) in [5, 5.41) is 18.3. The summed E-state index contributed by atoms with van der Waals surface area (Å²) in [6.45, 7) is 0.969. The molecule has 1 saturated carbocycles. The molecule has 0 saturated heterocycles. The molecular formula is C23H19F4N7O3S. The fraction of sp³-hybridized carbons (Fsp3) is 0.304. The first-order chi connectivity index (χ1) is 17.7. The largest absolute Gasteiger partial charge is 0.435 e. The molecule has 2 N–H and O–H groups in total. The molecule has 0 bridgehead atoms. The molecule has 0 aliphatic heterocycles. The summed E-state index contributed by atoms with van der Waals surface area (Å²) in [6, 6.07) is 7.50. The van der Waals surface area contributed by atoms with Crippen molar-refractivity contribution in [2.45, 2.75) is 42.7 Å². The Labute approximate surface area is 214 Å². The Morgan fingerprint density at radius 3 is 2.53 bits per heavy atom. The second kappa shape index (κ2) is 9.60. The molecule has 3 aromatic rings. The van der Waals surface area contributed by atoms with E-state index in [0.717, 1.165) is 25.8 Å². The Bertz CT molecular complexity index is 1580. The highest BCUT2D eigenvalue weighted by molar-refractivity contribution is 7.91. The van der Waals surface area contributed by atoms with Crippen LogP contribution in [-0.4, -0.2) is 36.5 Å². The van der Waals surface area contributed by atoms with Gasteiger partial charge < -0.3 is 10.1 Å². The van der Waals surface area contributed by atoms with Gasteiger partial charge in [0.1, 0.15) is 11.0 Å². The number of aromatic nitrogens is 4. The molecule has 1 atom stereocenters. The lowest BCUT2D eigenvalue weighted by Crippen LogP contribution is -2.33. The number of hydrogen-bond acceptors (Lipinski definition) is 9. The Balaban J connectivity index is 1.73. The first-order valence-corrected chi connectivity index (χ1v) is 12.9. The predicted molar refractivity (Wildman–Crippen MR) is 124 cm³/mol. The van der Waals surface area contributed by atoms with Crippen LogP contribution in [-0.2, 0) is 21.3 Å². The number of alkyl halides is 3. The van der Waals surface area contributed by atoms with Crippen molar-refractivity contribution in [2.24, 2.45) is 0 Å².